The van der Waals surface area contributed by atoms with E-state index in [-0.39, 0.29) is 5.91 Å². The van der Waals surface area contributed by atoms with Gasteiger partial charge in [-0.3, -0.25) is 4.79 Å². The van der Waals surface area contributed by atoms with Gasteiger partial charge in [0.15, 0.2) is 0 Å². The molecule has 3 nitrogen and oxygen atoms in total. The summed E-state index contributed by atoms with van der Waals surface area (Å²) >= 11 is 0. The number of unbranched alkanes of at least 4 members (excludes halogenated alkanes) is 2. The molecule has 0 saturated heterocycles. The molecule has 0 bridgehead atoms. The topological polar surface area (TPSA) is 46.3 Å². The molecule has 1 amide bonds. The van der Waals surface area contributed by atoms with Crippen molar-refractivity contribution >= 4 is 11.6 Å². The molecular formula is C14H22N2O. The normalized spacial score (nSPS) is 10.2. The van der Waals surface area contributed by atoms with Gasteiger partial charge in [-0.25, -0.2) is 0 Å². The average Bonchev–Trinajstić information content (AvgIpc) is 2.32. The summed E-state index contributed by atoms with van der Waals surface area (Å²) in [6.45, 7) is 3.01. The molecule has 2 N–H and O–H groups in total. The van der Waals surface area contributed by atoms with E-state index in [1.54, 1.807) is 0 Å². The van der Waals surface area contributed by atoms with Gasteiger partial charge in [0, 0.05) is 19.3 Å². The lowest BCUT2D eigenvalue weighted by Gasteiger charge is -2.17. The van der Waals surface area contributed by atoms with Crippen molar-refractivity contribution in [1.29, 1.82) is 0 Å². The molecule has 0 unspecified atom stereocenters. The van der Waals surface area contributed by atoms with Crippen LogP contribution in [0.1, 0.15) is 31.7 Å². The minimum absolute atomic E-state index is 0.172. The van der Waals surface area contributed by atoms with Crippen molar-refractivity contribution in [3.8, 4) is 0 Å². The van der Waals surface area contributed by atoms with Crippen LogP contribution in [0, 0.1) is 0 Å². The predicted molar refractivity (Wildman–Crippen MR) is 71.7 cm³/mol. The van der Waals surface area contributed by atoms with Crippen molar-refractivity contribution in [2.75, 3.05) is 19.3 Å². The number of hydrogen-bond donors (Lipinski definition) is 1. The Labute approximate surface area is 104 Å². The van der Waals surface area contributed by atoms with Crippen LogP contribution >= 0.6 is 0 Å². The van der Waals surface area contributed by atoms with Crippen molar-refractivity contribution in [2.45, 2.75) is 32.6 Å². The molecule has 0 aliphatic carbocycles. The molecule has 0 heterocycles. The van der Waals surface area contributed by atoms with Gasteiger partial charge in [-0.15, -0.1) is 0 Å². The molecule has 3 heteroatoms. The summed E-state index contributed by atoms with van der Waals surface area (Å²) < 4.78 is 0. The van der Waals surface area contributed by atoms with Crippen LogP contribution < -0.4 is 5.73 Å². The Morgan fingerprint density at radius 1 is 1.24 bits per heavy atom. The SMILES string of the molecule is CCCCCN(C)C(=O)Cc1ccc(N)cc1. The molecular weight excluding hydrogens is 212 g/mol. The highest BCUT2D eigenvalue weighted by Crippen LogP contribution is 2.07. The lowest BCUT2D eigenvalue weighted by molar-refractivity contribution is -0.129. The van der Waals surface area contributed by atoms with Gasteiger partial charge >= 0.3 is 0 Å². The molecule has 0 aliphatic heterocycles. The van der Waals surface area contributed by atoms with E-state index in [4.69, 9.17) is 5.73 Å². The van der Waals surface area contributed by atoms with Crippen molar-refractivity contribution in [3.63, 3.8) is 0 Å². The number of nitrogens with two attached hydrogens (primary N) is 1. The summed E-state index contributed by atoms with van der Waals surface area (Å²) in [7, 11) is 1.87. The summed E-state index contributed by atoms with van der Waals surface area (Å²) in [6, 6.07) is 7.49. The monoisotopic (exact) mass is 234 g/mol. The van der Waals surface area contributed by atoms with Crippen LogP contribution in [-0.4, -0.2) is 24.4 Å². The van der Waals surface area contributed by atoms with Crippen LogP contribution in [0.2, 0.25) is 0 Å². The second kappa shape index (κ2) is 6.94. The van der Waals surface area contributed by atoms with Gasteiger partial charge in [0.25, 0.3) is 0 Å². The molecule has 17 heavy (non-hydrogen) atoms. The van der Waals surface area contributed by atoms with Crippen molar-refractivity contribution in [3.05, 3.63) is 29.8 Å². The number of benzene rings is 1. The molecule has 0 aromatic heterocycles. The summed E-state index contributed by atoms with van der Waals surface area (Å²) in [6.07, 6.45) is 3.91. The first kappa shape index (κ1) is 13.6. The molecule has 0 spiro atoms. The number of carbonyl (C=O) groups excluding carboxylic acids is 1. The van der Waals surface area contributed by atoms with Gasteiger partial charge in [0.2, 0.25) is 5.91 Å². The average molecular weight is 234 g/mol. The fourth-order valence-electron chi connectivity index (χ4n) is 1.67. The minimum Gasteiger partial charge on any atom is -0.399 e. The quantitative estimate of drug-likeness (QED) is 0.607. The van der Waals surface area contributed by atoms with E-state index < -0.39 is 0 Å². The standard InChI is InChI=1S/C14H22N2O/c1-3-4-5-10-16(2)14(17)11-12-6-8-13(15)9-7-12/h6-9H,3-5,10-11,15H2,1-2H3. The van der Waals surface area contributed by atoms with Gasteiger partial charge < -0.3 is 10.6 Å². The number of nitrogen functional groups attached to an aromatic ring is 1. The highest BCUT2D eigenvalue weighted by atomic mass is 16.2. The van der Waals surface area contributed by atoms with Gasteiger partial charge in [-0.05, 0) is 24.1 Å². The zero-order valence-electron chi connectivity index (χ0n) is 10.8. The maximum Gasteiger partial charge on any atom is 0.226 e. The third-order valence-electron chi connectivity index (χ3n) is 2.86. The Kier molecular flexibility index (Phi) is 5.53. The van der Waals surface area contributed by atoms with E-state index in [2.05, 4.69) is 6.92 Å². The Balaban J connectivity index is 2.40. The van der Waals surface area contributed by atoms with E-state index in [9.17, 15) is 4.79 Å². The van der Waals surface area contributed by atoms with E-state index >= 15 is 0 Å². The number of hydrogen-bond acceptors (Lipinski definition) is 2. The van der Waals surface area contributed by atoms with Gasteiger partial charge in [-0.2, -0.15) is 0 Å². The van der Waals surface area contributed by atoms with Crippen LogP contribution in [0.3, 0.4) is 0 Å². The lowest BCUT2D eigenvalue weighted by Crippen LogP contribution is -2.29. The fourth-order valence-corrected chi connectivity index (χ4v) is 1.67. The van der Waals surface area contributed by atoms with Crippen LogP contribution in [-0.2, 0) is 11.2 Å². The zero-order chi connectivity index (χ0) is 12.7. The lowest BCUT2D eigenvalue weighted by atomic mass is 10.1. The van der Waals surface area contributed by atoms with Crippen LogP contribution in [0.15, 0.2) is 24.3 Å². The second-order valence-electron chi connectivity index (χ2n) is 4.44. The predicted octanol–water partition coefficient (Wildman–Crippen LogP) is 2.46. The molecule has 0 aliphatic rings. The molecule has 1 rings (SSSR count). The van der Waals surface area contributed by atoms with Crippen LogP contribution in [0.5, 0.6) is 0 Å². The van der Waals surface area contributed by atoms with E-state index in [1.165, 1.54) is 12.8 Å². The highest BCUT2D eigenvalue weighted by Gasteiger charge is 2.08. The number of amides is 1. The molecule has 0 saturated carbocycles. The van der Waals surface area contributed by atoms with E-state index in [0.717, 1.165) is 24.2 Å². The first-order chi connectivity index (χ1) is 8.13. The third-order valence-corrected chi connectivity index (χ3v) is 2.86. The van der Waals surface area contributed by atoms with Gasteiger partial charge in [-0.1, -0.05) is 31.9 Å². The Morgan fingerprint density at radius 3 is 2.47 bits per heavy atom. The van der Waals surface area contributed by atoms with Crippen molar-refractivity contribution in [1.82, 2.24) is 4.90 Å². The fraction of sp³-hybridized carbons (Fsp3) is 0.500. The Hall–Kier alpha value is -1.51. The van der Waals surface area contributed by atoms with Gasteiger partial charge in [0.1, 0.15) is 0 Å². The summed E-state index contributed by atoms with van der Waals surface area (Å²) in [5, 5.41) is 0. The zero-order valence-corrected chi connectivity index (χ0v) is 10.8. The molecule has 0 radical (unpaired) electrons. The third kappa shape index (κ3) is 4.89. The van der Waals surface area contributed by atoms with Crippen molar-refractivity contribution < 1.29 is 4.79 Å². The first-order valence-electron chi connectivity index (χ1n) is 6.22. The second-order valence-corrected chi connectivity index (χ2v) is 4.44. The number of anilines is 1. The smallest absolute Gasteiger partial charge is 0.226 e. The molecule has 0 atom stereocenters. The Bertz CT molecular complexity index is 346. The number of rotatable bonds is 6. The Morgan fingerprint density at radius 2 is 1.88 bits per heavy atom. The van der Waals surface area contributed by atoms with Gasteiger partial charge in [0.05, 0.1) is 6.42 Å². The molecule has 1 aromatic rings. The molecule has 0 fully saturated rings. The highest BCUT2D eigenvalue weighted by molar-refractivity contribution is 5.78. The van der Waals surface area contributed by atoms with E-state index in [0.29, 0.717) is 6.42 Å². The minimum atomic E-state index is 0.172. The van der Waals surface area contributed by atoms with E-state index in [1.807, 2.05) is 36.2 Å². The number of likely N-dealkylation sites (N-methyl/N-ethyl adjacent to an activating group) is 1. The first-order valence-corrected chi connectivity index (χ1v) is 6.22. The largest absolute Gasteiger partial charge is 0.399 e. The maximum absolute atomic E-state index is 11.9. The van der Waals surface area contributed by atoms with Crippen LogP contribution in [0.4, 0.5) is 5.69 Å². The van der Waals surface area contributed by atoms with Crippen LogP contribution in [0.25, 0.3) is 0 Å². The number of nitrogens with zero attached hydrogens (tertiary/aromatic N) is 1. The summed E-state index contributed by atoms with van der Waals surface area (Å²) in [5.41, 5.74) is 7.36. The number of carbonyl (C=O) groups is 1. The molecule has 1 aromatic carbocycles. The maximum atomic E-state index is 11.9. The summed E-state index contributed by atoms with van der Waals surface area (Å²) in [5.74, 6) is 0.172. The summed E-state index contributed by atoms with van der Waals surface area (Å²) in [4.78, 5) is 13.7. The van der Waals surface area contributed by atoms with Crippen molar-refractivity contribution in [2.24, 2.45) is 0 Å². The molecule has 94 valence electrons.